The largest absolute Gasteiger partial charge is 0.573 e. The monoisotopic (exact) mass is 481 g/mol. The number of ketones is 1. The van der Waals surface area contributed by atoms with E-state index >= 15 is 0 Å². The maximum Gasteiger partial charge on any atom is 0.573 e. The fraction of sp³-hybridized carbons (Fsp3) is 0.286. The van der Waals surface area contributed by atoms with E-state index in [1.807, 2.05) is 5.32 Å². The van der Waals surface area contributed by atoms with Crippen LogP contribution in [0.3, 0.4) is 0 Å². The van der Waals surface area contributed by atoms with Gasteiger partial charge in [-0.25, -0.2) is 4.98 Å². The number of aliphatic carboxylic acids is 1. The van der Waals surface area contributed by atoms with Crippen molar-refractivity contribution in [3.05, 3.63) is 48.2 Å². The number of rotatable bonds is 8. The van der Waals surface area contributed by atoms with Gasteiger partial charge in [-0.1, -0.05) is 12.1 Å². The number of likely N-dealkylation sites (tertiary alicyclic amines) is 1. The molecular weight excluding hydrogens is 463 g/mol. The van der Waals surface area contributed by atoms with Gasteiger partial charge in [-0.2, -0.15) is 0 Å². The summed E-state index contributed by atoms with van der Waals surface area (Å²) in [6.07, 6.45) is -3.54. The summed E-state index contributed by atoms with van der Waals surface area (Å²) < 4.78 is 46.3. The second-order valence-corrected chi connectivity index (χ2v) is 7.15. The van der Waals surface area contributed by atoms with Crippen LogP contribution in [-0.4, -0.2) is 58.0 Å². The fourth-order valence-corrected chi connectivity index (χ4v) is 3.14. The van der Waals surface area contributed by atoms with Crippen LogP contribution in [0.25, 0.3) is 0 Å². The van der Waals surface area contributed by atoms with Crippen LogP contribution in [0.2, 0.25) is 0 Å². The highest BCUT2D eigenvalue weighted by Gasteiger charge is 2.40. The molecule has 0 saturated carbocycles. The standard InChI is InChI=1S/C21H18F3N3O7/c22-21(23,24)34-14-3-1-2-13(8-14)33-16-5-4-12(9-25-16)11-27-7-6-15(28)18(20(27)32)19(31)26-10-17(29)30/h1-5,8-9,18H,6-7,10-11H2,(H,26,31)(H,29,30). The number of piperidine rings is 1. The predicted octanol–water partition coefficient (Wildman–Crippen LogP) is 1.89. The molecule has 1 saturated heterocycles. The van der Waals surface area contributed by atoms with E-state index in [2.05, 4.69) is 9.72 Å². The molecule has 2 amide bonds. The topological polar surface area (TPSA) is 135 Å². The number of aromatic nitrogens is 1. The third-order valence-electron chi connectivity index (χ3n) is 4.62. The molecule has 13 heteroatoms. The molecule has 34 heavy (non-hydrogen) atoms. The van der Waals surface area contributed by atoms with Crippen LogP contribution in [0.1, 0.15) is 12.0 Å². The Bertz CT molecular complexity index is 1090. The van der Waals surface area contributed by atoms with Crippen molar-refractivity contribution in [2.24, 2.45) is 5.92 Å². The number of nitrogens with one attached hydrogen (secondary N) is 1. The number of alkyl halides is 3. The first-order chi connectivity index (χ1) is 16.0. The van der Waals surface area contributed by atoms with E-state index in [-0.39, 0.29) is 31.1 Å². The van der Waals surface area contributed by atoms with Crippen molar-refractivity contribution in [2.45, 2.75) is 19.3 Å². The predicted molar refractivity (Wildman–Crippen MR) is 107 cm³/mol. The van der Waals surface area contributed by atoms with Gasteiger partial charge in [0.05, 0.1) is 0 Å². The van der Waals surface area contributed by atoms with E-state index in [0.29, 0.717) is 5.56 Å². The quantitative estimate of drug-likeness (QED) is 0.546. The Morgan fingerprint density at radius 2 is 1.91 bits per heavy atom. The molecule has 0 radical (unpaired) electrons. The van der Waals surface area contributed by atoms with Crippen LogP contribution in [-0.2, 0) is 25.7 Å². The lowest BCUT2D eigenvalue weighted by atomic mass is 9.94. The number of nitrogens with zero attached hydrogens (tertiary/aromatic N) is 2. The lowest BCUT2D eigenvalue weighted by Gasteiger charge is -2.30. The number of hydrogen-bond acceptors (Lipinski definition) is 7. The zero-order valence-electron chi connectivity index (χ0n) is 17.4. The zero-order valence-corrected chi connectivity index (χ0v) is 17.4. The van der Waals surface area contributed by atoms with Crippen LogP contribution < -0.4 is 14.8 Å². The van der Waals surface area contributed by atoms with Gasteiger partial charge in [0.25, 0.3) is 0 Å². The first-order valence-corrected chi connectivity index (χ1v) is 9.81. The maximum atomic E-state index is 12.6. The molecule has 10 nitrogen and oxygen atoms in total. The van der Waals surface area contributed by atoms with E-state index in [9.17, 15) is 32.3 Å². The first-order valence-electron chi connectivity index (χ1n) is 9.81. The molecule has 0 spiro atoms. The van der Waals surface area contributed by atoms with Gasteiger partial charge in [-0.05, 0) is 17.7 Å². The van der Waals surface area contributed by atoms with E-state index in [0.717, 1.165) is 12.1 Å². The van der Waals surface area contributed by atoms with Crippen LogP contribution in [0, 0.1) is 5.92 Å². The molecule has 1 aromatic heterocycles. The normalized spacial score (nSPS) is 16.2. The van der Waals surface area contributed by atoms with Crippen LogP contribution in [0.5, 0.6) is 17.4 Å². The number of carboxylic acid groups (broad SMARTS) is 1. The number of hydrogen-bond donors (Lipinski definition) is 2. The van der Waals surface area contributed by atoms with Gasteiger partial charge in [0.2, 0.25) is 17.7 Å². The third kappa shape index (κ3) is 6.67. The van der Waals surface area contributed by atoms with Crippen molar-refractivity contribution >= 4 is 23.6 Å². The van der Waals surface area contributed by atoms with Gasteiger partial charge >= 0.3 is 12.3 Å². The number of halogens is 3. The average molecular weight is 481 g/mol. The number of pyridine rings is 1. The second kappa shape index (κ2) is 10.2. The molecule has 0 bridgehead atoms. The smallest absolute Gasteiger partial charge is 0.480 e. The summed E-state index contributed by atoms with van der Waals surface area (Å²) in [7, 11) is 0. The van der Waals surface area contributed by atoms with Crippen LogP contribution >= 0.6 is 0 Å². The number of carbonyl (C=O) groups excluding carboxylic acids is 3. The Balaban J connectivity index is 1.62. The molecule has 1 fully saturated rings. The highest BCUT2D eigenvalue weighted by Crippen LogP contribution is 2.28. The Hall–Kier alpha value is -4.16. The number of benzene rings is 1. The molecule has 1 atom stereocenters. The highest BCUT2D eigenvalue weighted by atomic mass is 19.4. The minimum atomic E-state index is -4.84. The Morgan fingerprint density at radius 3 is 2.56 bits per heavy atom. The molecule has 180 valence electrons. The zero-order chi connectivity index (χ0) is 24.9. The Morgan fingerprint density at radius 1 is 1.18 bits per heavy atom. The number of ether oxygens (including phenoxy) is 2. The molecule has 2 heterocycles. The number of amides is 2. The average Bonchev–Trinajstić information content (AvgIpc) is 2.75. The molecule has 2 aromatic rings. The third-order valence-corrected chi connectivity index (χ3v) is 4.62. The minimum absolute atomic E-state index is 0.0248. The Kier molecular flexibility index (Phi) is 7.34. The Labute approximate surface area is 190 Å². The minimum Gasteiger partial charge on any atom is -0.480 e. The summed E-state index contributed by atoms with van der Waals surface area (Å²) >= 11 is 0. The lowest BCUT2D eigenvalue weighted by Crippen LogP contribution is -2.52. The van der Waals surface area contributed by atoms with Gasteiger partial charge in [0, 0.05) is 37.8 Å². The summed E-state index contributed by atoms with van der Waals surface area (Å²) in [5.41, 5.74) is 0.536. The van der Waals surface area contributed by atoms with Gasteiger partial charge in [0.15, 0.2) is 11.7 Å². The summed E-state index contributed by atoms with van der Waals surface area (Å²) in [6.45, 7) is -0.617. The van der Waals surface area contributed by atoms with Crippen LogP contribution in [0.15, 0.2) is 42.6 Å². The molecule has 1 aromatic carbocycles. The number of Topliss-reactive ketones (excluding diaryl/α,β-unsaturated/α-hetero) is 1. The molecule has 1 aliphatic heterocycles. The van der Waals surface area contributed by atoms with Crippen molar-refractivity contribution in [2.75, 3.05) is 13.1 Å². The van der Waals surface area contributed by atoms with Crippen molar-refractivity contribution in [3.63, 3.8) is 0 Å². The summed E-state index contributed by atoms with van der Waals surface area (Å²) in [4.78, 5) is 52.7. The van der Waals surface area contributed by atoms with Crippen molar-refractivity contribution < 1.29 is 46.9 Å². The van der Waals surface area contributed by atoms with Gasteiger partial charge in [-0.15, -0.1) is 13.2 Å². The molecule has 3 rings (SSSR count). The molecular formula is C21H18F3N3O7. The van der Waals surface area contributed by atoms with E-state index in [1.54, 1.807) is 6.07 Å². The summed E-state index contributed by atoms with van der Waals surface area (Å²) in [5, 5.41) is 10.7. The molecule has 1 aliphatic rings. The number of carboxylic acids is 1. The maximum absolute atomic E-state index is 12.6. The van der Waals surface area contributed by atoms with Crippen LogP contribution in [0.4, 0.5) is 13.2 Å². The van der Waals surface area contributed by atoms with E-state index < -0.39 is 48.1 Å². The highest BCUT2D eigenvalue weighted by molar-refractivity contribution is 6.19. The SMILES string of the molecule is O=C(O)CNC(=O)C1C(=O)CCN(Cc2ccc(Oc3cccc(OC(F)(F)F)c3)nc2)C1=O. The van der Waals surface area contributed by atoms with Gasteiger partial charge in [-0.3, -0.25) is 19.2 Å². The molecule has 1 unspecified atom stereocenters. The lowest BCUT2D eigenvalue weighted by molar-refractivity contribution is -0.274. The summed E-state index contributed by atoms with van der Waals surface area (Å²) in [6, 6.07) is 7.88. The molecule has 2 N–H and O–H groups in total. The van der Waals surface area contributed by atoms with E-state index in [4.69, 9.17) is 9.84 Å². The van der Waals surface area contributed by atoms with Gasteiger partial charge in [0.1, 0.15) is 18.0 Å². The number of carbonyl (C=O) groups is 4. The first kappa shape index (κ1) is 24.5. The van der Waals surface area contributed by atoms with Crippen molar-refractivity contribution in [1.29, 1.82) is 0 Å². The van der Waals surface area contributed by atoms with Crippen molar-refractivity contribution in [3.8, 4) is 17.4 Å². The van der Waals surface area contributed by atoms with E-state index in [1.165, 1.54) is 29.3 Å². The second-order valence-electron chi connectivity index (χ2n) is 7.15. The van der Waals surface area contributed by atoms with Crippen molar-refractivity contribution in [1.82, 2.24) is 15.2 Å². The van der Waals surface area contributed by atoms with Gasteiger partial charge < -0.3 is 24.8 Å². The fourth-order valence-electron chi connectivity index (χ4n) is 3.14. The molecule has 0 aliphatic carbocycles. The summed E-state index contributed by atoms with van der Waals surface area (Å²) in [5.74, 6) is -5.57.